The molecular weight excluding hydrogens is 340 g/mol. The highest BCUT2D eigenvalue weighted by atomic mass is 32.2. The van der Waals surface area contributed by atoms with Gasteiger partial charge in [0.1, 0.15) is 11.6 Å². The molecule has 0 radical (unpaired) electrons. The summed E-state index contributed by atoms with van der Waals surface area (Å²) in [5.41, 5.74) is 0. The molecule has 9 heteroatoms. The minimum absolute atomic E-state index is 0.0403. The SMILES string of the molecule is C[C@@H](C(=O)N(C)C)[NH+]1CCN(S(=O)(=O)c2c(F)cccc2F)CC1. The van der Waals surface area contributed by atoms with E-state index in [4.69, 9.17) is 0 Å². The van der Waals surface area contributed by atoms with Crippen LogP contribution in [0.15, 0.2) is 23.1 Å². The Morgan fingerprint density at radius 1 is 1.21 bits per heavy atom. The molecule has 0 spiro atoms. The zero-order valence-corrected chi connectivity index (χ0v) is 14.7. The third kappa shape index (κ3) is 3.57. The van der Waals surface area contributed by atoms with Gasteiger partial charge in [0.05, 0.1) is 26.2 Å². The van der Waals surface area contributed by atoms with E-state index < -0.39 is 26.6 Å². The van der Waals surface area contributed by atoms with Crippen LogP contribution in [-0.4, -0.2) is 69.8 Å². The second-order valence-corrected chi connectivity index (χ2v) is 7.94. The van der Waals surface area contributed by atoms with Crippen molar-refractivity contribution in [1.82, 2.24) is 9.21 Å². The Labute approximate surface area is 140 Å². The van der Waals surface area contributed by atoms with E-state index in [1.165, 1.54) is 4.90 Å². The smallest absolute Gasteiger partial charge is 0.280 e. The van der Waals surface area contributed by atoms with Crippen LogP contribution in [0.2, 0.25) is 0 Å². The van der Waals surface area contributed by atoms with Crippen LogP contribution in [0.25, 0.3) is 0 Å². The van der Waals surface area contributed by atoms with Gasteiger partial charge in [0.15, 0.2) is 10.9 Å². The van der Waals surface area contributed by atoms with E-state index in [9.17, 15) is 22.0 Å². The minimum atomic E-state index is -4.23. The molecule has 1 saturated heterocycles. The number of benzene rings is 1. The maximum Gasteiger partial charge on any atom is 0.280 e. The summed E-state index contributed by atoms with van der Waals surface area (Å²) in [4.78, 5) is 13.5. The number of halogens is 2. The van der Waals surface area contributed by atoms with Crippen molar-refractivity contribution < 1.29 is 26.9 Å². The molecule has 134 valence electrons. The summed E-state index contributed by atoms with van der Waals surface area (Å²) < 4.78 is 53.7. The van der Waals surface area contributed by atoms with Gasteiger partial charge >= 0.3 is 0 Å². The Balaban J connectivity index is 2.13. The molecule has 0 saturated carbocycles. The van der Waals surface area contributed by atoms with Gasteiger partial charge in [0.2, 0.25) is 10.0 Å². The molecule has 0 unspecified atom stereocenters. The average molecular weight is 362 g/mol. The topological polar surface area (TPSA) is 62.1 Å². The van der Waals surface area contributed by atoms with Gasteiger partial charge in [0.25, 0.3) is 5.91 Å². The summed E-state index contributed by atoms with van der Waals surface area (Å²) in [6.45, 7) is 2.80. The number of nitrogens with zero attached hydrogens (tertiary/aromatic N) is 2. The molecule has 0 bridgehead atoms. The molecule has 0 aromatic heterocycles. The largest absolute Gasteiger partial charge is 0.344 e. The van der Waals surface area contributed by atoms with Gasteiger partial charge in [-0.15, -0.1) is 0 Å². The number of rotatable bonds is 4. The molecular formula is C15H22F2N3O3S+. The van der Waals surface area contributed by atoms with Gasteiger partial charge < -0.3 is 9.80 Å². The fourth-order valence-electron chi connectivity index (χ4n) is 2.87. The summed E-state index contributed by atoms with van der Waals surface area (Å²) in [5, 5.41) is 0. The van der Waals surface area contributed by atoms with Crippen molar-refractivity contribution in [3.05, 3.63) is 29.8 Å². The fourth-order valence-corrected chi connectivity index (χ4v) is 4.42. The standard InChI is InChI=1S/C15H21F2N3O3S/c1-11(15(21)18(2)3)19-7-9-20(10-8-19)24(22,23)14-12(16)5-4-6-13(14)17/h4-6,11H,7-10H2,1-3H3/p+1/t11-/m0/s1. The van der Waals surface area contributed by atoms with Crippen LogP contribution < -0.4 is 4.90 Å². The number of sulfonamides is 1. The van der Waals surface area contributed by atoms with Crippen LogP contribution in [0.5, 0.6) is 0 Å². The number of quaternary nitrogens is 1. The van der Waals surface area contributed by atoms with Gasteiger partial charge in [-0.05, 0) is 19.1 Å². The molecule has 0 aliphatic carbocycles. The first-order valence-corrected chi connectivity index (χ1v) is 9.10. The third-order valence-corrected chi connectivity index (χ3v) is 6.26. The number of carbonyl (C=O) groups excluding carboxylic acids is 1. The third-order valence-electron chi connectivity index (χ3n) is 4.31. The number of nitrogens with one attached hydrogen (secondary N) is 1. The van der Waals surface area contributed by atoms with Crippen molar-refractivity contribution in [1.29, 1.82) is 0 Å². The molecule has 6 nitrogen and oxygen atoms in total. The van der Waals surface area contributed by atoms with Crippen molar-refractivity contribution in [2.24, 2.45) is 0 Å². The molecule has 1 N–H and O–H groups in total. The number of hydrogen-bond acceptors (Lipinski definition) is 3. The van der Waals surface area contributed by atoms with Gasteiger partial charge in [0, 0.05) is 14.1 Å². The Hall–Kier alpha value is -1.58. The van der Waals surface area contributed by atoms with Crippen LogP contribution in [0.4, 0.5) is 8.78 Å². The normalized spacial score (nSPS) is 18.4. The molecule has 1 aromatic rings. The Kier molecular flexibility index (Phi) is 5.56. The highest BCUT2D eigenvalue weighted by Crippen LogP contribution is 2.22. The maximum absolute atomic E-state index is 13.8. The molecule has 1 atom stereocenters. The van der Waals surface area contributed by atoms with Gasteiger partial charge in [-0.2, -0.15) is 4.31 Å². The summed E-state index contributed by atoms with van der Waals surface area (Å²) in [7, 11) is -0.901. The van der Waals surface area contributed by atoms with E-state index in [-0.39, 0.29) is 25.0 Å². The minimum Gasteiger partial charge on any atom is -0.344 e. The Bertz CT molecular complexity index is 696. The molecule has 1 heterocycles. The van der Waals surface area contributed by atoms with Crippen LogP contribution in [0.1, 0.15) is 6.92 Å². The lowest BCUT2D eigenvalue weighted by atomic mass is 10.2. The van der Waals surface area contributed by atoms with E-state index in [2.05, 4.69) is 0 Å². The van der Waals surface area contributed by atoms with Crippen molar-refractivity contribution in [2.75, 3.05) is 40.3 Å². The molecule has 2 rings (SSSR count). The van der Waals surface area contributed by atoms with Crippen molar-refractivity contribution >= 4 is 15.9 Å². The predicted molar refractivity (Wildman–Crippen MR) is 84.0 cm³/mol. The first-order valence-electron chi connectivity index (χ1n) is 7.66. The highest BCUT2D eigenvalue weighted by molar-refractivity contribution is 7.89. The second kappa shape index (κ2) is 7.12. The average Bonchev–Trinajstić information content (AvgIpc) is 2.53. The number of piperazine rings is 1. The quantitative estimate of drug-likeness (QED) is 0.773. The lowest BCUT2D eigenvalue weighted by Gasteiger charge is -2.34. The van der Waals surface area contributed by atoms with Crippen molar-refractivity contribution in [3.63, 3.8) is 0 Å². The summed E-state index contributed by atoms with van der Waals surface area (Å²) in [6, 6.07) is 2.68. The molecule has 1 aromatic carbocycles. The van der Waals surface area contributed by atoms with Crippen molar-refractivity contribution in [3.8, 4) is 0 Å². The van der Waals surface area contributed by atoms with E-state index in [1.807, 2.05) is 0 Å². The summed E-state index contributed by atoms with van der Waals surface area (Å²) in [5.74, 6) is -2.23. The van der Waals surface area contributed by atoms with Crippen LogP contribution in [0.3, 0.4) is 0 Å². The molecule has 1 fully saturated rings. The highest BCUT2D eigenvalue weighted by Gasteiger charge is 2.37. The number of amides is 1. The summed E-state index contributed by atoms with van der Waals surface area (Å²) >= 11 is 0. The number of likely N-dealkylation sites (N-methyl/N-ethyl adjacent to an activating group) is 1. The Morgan fingerprint density at radius 3 is 2.17 bits per heavy atom. The monoisotopic (exact) mass is 362 g/mol. The van der Waals surface area contributed by atoms with E-state index in [1.54, 1.807) is 21.0 Å². The lowest BCUT2D eigenvalue weighted by Crippen LogP contribution is -3.19. The predicted octanol–water partition coefficient (Wildman–Crippen LogP) is -0.669. The zero-order chi connectivity index (χ0) is 18.1. The second-order valence-electron chi connectivity index (χ2n) is 6.07. The molecule has 1 aliphatic rings. The first kappa shape index (κ1) is 18.8. The lowest BCUT2D eigenvalue weighted by molar-refractivity contribution is -0.917. The van der Waals surface area contributed by atoms with Crippen molar-refractivity contribution in [2.45, 2.75) is 17.9 Å². The van der Waals surface area contributed by atoms with Gasteiger partial charge in [-0.25, -0.2) is 17.2 Å². The molecule has 1 amide bonds. The molecule has 24 heavy (non-hydrogen) atoms. The number of carbonyl (C=O) groups is 1. The van der Waals surface area contributed by atoms with Crippen LogP contribution >= 0.6 is 0 Å². The van der Waals surface area contributed by atoms with Gasteiger partial charge in [-0.3, -0.25) is 4.79 Å². The molecule has 1 aliphatic heterocycles. The van der Waals surface area contributed by atoms with E-state index >= 15 is 0 Å². The van der Waals surface area contributed by atoms with Crippen LogP contribution in [-0.2, 0) is 14.8 Å². The fraction of sp³-hybridized carbons (Fsp3) is 0.533. The maximum atomic E-state index is 13.8. The first-order chi connectivity index (χ1) is 11.2. The van der Waals surface area contributed by atoms with E-state index in [0.717, 1.165) is 27.4 Å². The Morgan fingerprint density at radius 2 is 1.71 bits per heavy atom. The zero-order valence-electron chi connectivity index (χ0n) is 13.9. The number of hydrogen-bond donors (Lipinski definition) is 1. The van der Waals surface area contributed by atoms with E-state index in [0.29, 0.717) is 13.1 Å². The van der Waals surface area contributed by atoms with Gasteiger partial charge in [-0.1, -0.05) is 6.07 Å². The van der Waals surface area contributed by atoms with Crippen LogP contribution in [0, 0.1) is 11.6 Å². The summed E-state index contributed by atoms with van der Waals surface area (Å²) in [6.07, 6.45) is 0.